The summed E-state index contributed by atoms with van der Waals surface area (Å²) in [6.07, 6.45) is 0.362. The number of carboxylic acid groups (broad SMARTS) is 1. The molecule has 2 amide bonds. The van der Waals surface area contributed by atoms with Crippen LogP contribution in [0.1, 0.15) is 5.76 Å². The first kappa shape index (κ1) is 27.4. The number of carbonyl (C=O) groups excluding carboxylic acids is 2. The van der Waals surface area contributed by atoms with Crippen molar-refractivity contribution >= 4 is 67.4 Å². The monoisotopic (exact) mass is 639 g/mol. The number of carbonyl (C=O) groups is 3. The molecule has 4 rings (SSSR count). The lowest BCUT2D eigenvalue weighted by molar-refractivity contribution is -0.192. The van der Waals surface area contributed by atoms with E-state index in [-0.39, 0.29) is 33.3 Å². The van der Waals surface area contributed by atoms with Crippen LogP contribution in [0.5, 0.6) is 5.88 Å². The summed E-state index contributed by atoms with van der Waals surface area (Å²) < 4.78 is 39.1. The van der Waals surface area contributed by atoms with Gasteiger partial charge < -0.3 is 23.9 Å². The van der Waals surface area contributed by atoms with Gasteiger partial charge in [-0.2, -0.15) is 8.42 Å². The summed E-state index contributed by atoms with van der Waals surface area (Å²) in [5.74, 6) is -2.78. The zero-order valence-electron chi connectivity index (χ0n) is 19.2. The van der Waals surface area contributed by atoms with Crippen molar-refractivity contribution < 1.29 is 41.4 Å². The Hall–Kier alpha value is -2.68. The van der Waals surface area contributed by atoms with Crippen LogP contribution >= 0.6 is 39.5 Å². The average Bonchev–Trinajstić information content (AvgIpc) is 3.39. The van der Waals surface area contributed by atoms with Crippen LogP contribution in [0, 0.1) is 0 Å². The topological polar surface area (TPSA) is 209 Å². The number of fused-ring (bicyclic) bond motifs is 1. The van der Waals surface area contributed by atoms with Crippen LogP contribution in [0.15, 0.2) is 25.4 Å². The highest BCUT2D eigenvalue weighted by molar-refractivity contribution is 9.10. The molecule has 1 fully saturated rings. The molecule has 0 aliphatic carbocycles. The summed E-state index contributed by atoms with van der Waals surface area (Å²) in [5.41, 5.74) is -1.54. The van der Waals surface area contributed by atoms with E-state index in [1.807, 2.05) is 0 Å². The largest absolute Gasteiger partial charge is 0.477 e. The number of nitrogens with one attached hydrogen (secondary N) is 1. The Morgan fingerprint density at radius 1 is 1.43 bits per heavy atom. The van der Waals surface area contributed by atoms with E-state index < -0.39 is 45.4 Å². The molecule has 0 aromatic carbocycles. The number of carboxylic acids is 1. The number of methoxy groups -OCH3 is 1. The first-order chi connectivity index (χ1) is 17.4. The van der Waals surface area contributed by atoms with Crippen LogP contribution in [0.25, 0.3) is 0 Å². The van der Waals surface area contributed by atoms with Crippen molar-refractivity contribution in [3.05, 3.63) is 21.5 Å². The lowest BCUT2D eigenvalue weighted by Gasteiger charge is -2.55. The number of rotatable bonds is 10. The minimum Gasteiger partial charge on any atom is -0.477 e. The van der Waals surface area contributed by atoms with Crippen molar-refractivity contribution in [2.24, 2.45) is 7.05 Å². The van der Waals surface area contributed by atoms with Crippen molar-refractivity contribution in [3.63, 3.8) is 0 Å². The number of tetrazole rings is 1. The van der Waals surface area contributed by atoms with Gasteiger partial charge in [-0.3, -0.25) is 14.5 Å². The summed E-state index contributed by atoms with van der Waals surface area (Å²) in [4.78, 5) is 39.2. The van der Waals surface area contributed by atoms with Gasteiger partial charge in [-0.05, 0) is 37.1 Å². The fourth-order valence-corrected chi connectivity index (χ4v) is 6.85. The van der Waals surface area contributed by atoms with E-state index in [0.717, 1.165) is 11.2 Å². The van der Waals surface area contributed by atoms with Crippen LogP contribution in [0.4, 0.5) is 0 Å². The third-order valence-electron chi connectivity index (χ3n) is 5.14. The zero-order valence-corrected chi connectivity index (χ0v) is 23.2. The van der Waals surface area contributed by atoms with Crippen LogP contribution in [-0.2, 0) is 42.7 Å². The number of thioether (sulfide) groups is 2. The predicted molar refractivity (Wildman–Crippen MR) is 129 cm³/mol. The summed E-state index contributed by atoms with van der Waals surface area (Å²) in [6.45, 7) is 0. The van der Waals surface area contributed by atoms with Crippen molar-refractivity contribution in [2.45, 2.75) is 22.7 Å². The van der Waals surface area contributed by atoms with E-state index in [1.165, 1.54) is 35.3 Å². The average molecular weight is 640 g/mol. The molecule has 2 atom stereocenters. The molecule has 2 N–H and O–H groups in total. The Balaban J connectivity index is 1.50. The number of aryl methyl sites for hydroxylation is 1. The number of aromatic nitrogens is 5. The Bertz CT molecular complexity index is 1410. The summed E-state index contributed by atoms with van der Waals surface area (Å²) in [5, 5.41) is 26.6. The van der Waals surface area contributed by atoms with Gasteiger partial charge in [-0.25, -0.2) is 9.48 Å². The van der Waals surface area contributed by atoms with Crippen LogP contribution in [-0.4, -0.2) is 97.5 Å². The maximum absolute atomic E-state index is 13.2. The molecule has 16 nitrogen and oxygen atoms in total. The van der Waals surface area contributed by atoms with Gasteiger partial charge in [0.15, 0.2) is 5.76 Å². The smallest absolute Gasteiger partial charge is 0.352 e. The molecular weight excluding hydrogens is 622 g/mol. The number of aliphatic carboxylic acids is 1. The predicted octanol–water partition coefficient (Wildman–Crippen LogP) is -0.653. The quantitative estimate of drug-likeness (QED) is 0.143. The zero-order chi connectivity index (χ0) is 27.1. The van der Waals surface area contributed by atoms with Gasteiger partial charge >= 0.3 is 16.1 Å². The molecule has 0 radical (unpaired) electrons. The normalized spacial score (nSPS) is 21.5. The van der Waals surface area contributed by atoms with Crippen molar-refractivity contribution in [2.75, 3.05) is 24.9 Å². The molecule has 2 aromatic heterocycles. The Kier molecular flexibility index (Phi) is 7.57. The summed E-state index contributed by atoms with van der Waals surface area (Å²) in [6, 6.07) is 0. The minimum atomic E-state index is -3.89. The first-order valence-electron chi connectivity index (χ1n) is 10.0. The molecule has 0 spiro atoms. The van der Waals surface area contributed by atoms with Gasteiger partial charge in [0.1, 0.15) is 15.5 Å². The number of ether oxygens (including phenoxy) is 1. The van der Waals surface area contributed by atoms with Gasteiger partial charge in [-0.15, -0.1) is 16.9 Å². The fraction of sp³-hybridized carbons (Fsp3) is 0.471. The number of β-lactam (4-membered cyclic amide) rings is 1. The van der Waals surface area contributed by atoms with Crippen LogP contribution in [0.3, 0.4) is 0 Å². The van der Waals surface area contributed by atoms with Gasteiger partial charge in [0.25, 0.3) is 17.5 Å². The molecule has 20 heteroatoms. The number of hydrogen-bond donors (Lipinski definition) is 2. The second-order valence-corrected chi connectivity index (χ2v) is 12.0. The lowest BCUT2D eigenvalue weighted by Crippen LogP contribution is -2.80. The maximum atomic E-state index is 13.2. The first-order valence-corrected chi connectivity index (χ1v) is 14.7. The number of amides is 2. The summed E-state index contributed by atoms with van der Waals surface area (Å²) >= 11 is 5.51. The van der Waals surface area contributed by atoms with Gasteiger partial charge in [0, 0.05) is 25.7 Å². The Labute approximate surface area is 225 Å². The molecule has 4 heterocycles. The van der Waals surface area contributed by atoms with Gasteiger partial charge in [-0.1, -0.05) is 11.8 Å². The van der Waals surface area contributed by atoms with Crippen LogP contribution < -0.4 is 9.50 Å². The second-order valence-electron chi connectivity index (χ2n) is 7.65. The molecule has 1 saturated heterocycles. The van der Waals surface area contributed by atoms with E-state index in [9.17, 15) is 27.9 Å². The minimum absolute atomic E-state index is 0.00416. The van der Waals surface area contributed by atoms with E-state index in [0.29, 0.717) is 10.7 Å². The van der Waals surface area contributed by atoms with Crippen molar-refractivity contribution in [1.29, 1.82) is 0 Å². The Morgan fingerprint density at radius 3 is 2.76 bits per heavy atom. The van der Waals surface area contributed by atoms with Crippen molar-refractivity contribution in [3.8, 4) is 5.88 Å². The molecule has 0 bridgehead atoms. The summed E-state index contributed by atoms with van der Waals surface area (Å²) in [7, 11) is -1.03. The molecule has 0 unspecified atom stereocenters. The molecule has 200 valence electrons. The lowest BCUT2D eigenvalue weighted by atomic mass is 9.98. The molecule has 37 heavy (non-hydrogen) atoms. The molecular formula is C17H18BrN7O9S3. The fourth-order valence-electron chi connectivity index (χ4n) is 3.55. The molecule has 2 aliphatic heterocycles. The van der Waals surface area contributed by atoms with E-state index >= 15 is 0 Å². The van der Waals surface area contributed by atoms with Gasteiger partial charge in [0.05, 0.1) is 12.7 Å². The number of halogens is 1. The number of hydrogen-bond acceptors (Lipinski definition) is 14. The highest BCUT2D eigenvalue weighted by Crippen LogP contribution is 2.47. The highest BCUT2D eigenvalue weighted by atomic mass is 79.9. The molecule has 2 aliphatic rings. The number of nitrogens with zero attached hydrogens (tertiary/aromatic N) is 6. The highest BCUT2D eigenvalue weighted by Gasteiger charge is 2.66. The Morgan fingerprint density at radius 2 is 2.16 bits per heavy atom. The molecule has 2 aromatic rings. The SMILES string of the molecule is CO[C@@]1(NC(=O)Cc2onc(OS(C)(=O)=O)c2Br)C(=O)N2C(C(=O)O)=C(CSc3nnnn3C)CS[C@@H]21. The van der Waals surface area contributed by atoms with Crippen molar-refractivity contribution in [1.82, 2.24) is 35.6 Å². The van der Waals surface area contributed by atoms with E-state index in [1.54, 1.807) is 7.05 Å². The third kappa shape index (κ3) is 5.19. The van der Waals surface area contributed by atoms with Gasteiger partial charge in [0.2, 0.25) is 11.1 Å². The standard InChI is InChI=1S/C17H18BrN7O9S3/c1-24-16(20-22-23-24)36-6-7-5-35-15-17(32-2,14(29)25(15)11(7)13(27)28)19-9(26)4-8-10(18)12(21-33-8)34-37(3,30)31/h15H,4-6H2,1-3H3,(H,19,26)(H,27,28)/t15-,17+/m1/s1. The van der Waals surface area contributed by atoms with E-state index in [2.05, 4.69) is 46.1 Å². The maximum Gasteiger partial charge on any atom is 0.352 e. The van der Waals surface area contributed by atoms with E-state index in [4.69, 9.17) is 9.26 Å². The third-order valence-corrected chi connectivity index (χ3v) is 8.85. The van der Waals surface area contributed by atoms with Crippen LogP contribution in [0.2, 0.25) is 0 Å². The molecule has 0 saturated carbocycles. The second kappa shape index (κ2) is 10.2.